The Kier molecular flexibility index (Phi) is 5.46. The predicted molar refractivity (Wildman–Crippen MR) is 94.6 cm³/mol. The molecule has 0 spiro atoms. The van der Waals surface area contributed by atoms with Crippen LogP contribution < -0.4 is 11.1 Å². The molecule has 1 saturated heterocycles. The van der Waals surface area contributed by atoms with E-state index in [0.717, 1.165) is 38.4 Å². The third kappa shape index (κ3) is 4.34. The van der Waals surface area contributed by atoms with E-state index in [1.54, 1.807) is 24.3 Å². The highest BCUT2D eigenvalue weighted by Gasteiger charge is 2.13. The molecular formula is C19H23N3O2. The zero-order valence-electron chi connectivity index (χ0n) is 13.7. The Morgan fingerprint density at radius 2 is 1.83 bits per heavy atom. The first-order valence-corrected chi connectivity index (χ1v) is 8.23. The third-order valence-corrected chi connectivity index (χ3v) is 4.20. The molecule has 0 saturated carbocycles. The molecule has 24 heavy (non-hydrogen) atoms. The monoisotopic (exact) mass is 325 g/mol. The summed E-state index contributed by atoms with van der Waals surface area (Å²) in [5.41, 5.74) is 9.30. The summed E-state index contributed by atoms with van der Waals surface area (Å²) in [6, 6.07) is 15.3. The number of rotatable bonds is 5. The summed E-state index contributed by atoms with van der Waals surface area (Å²) in [4.78, 5) is 14.7. The van der Waals surface area contributed by atoms with Crippen molar-refractivity contribution >= 4 is 11.6 Å². The number of hydrogen-bond acceptors (Lipinski definition) is 4. The molecule has 5 nitrogen and oxygen atoms in total. The second-order valence-electron chi connectivity index (χ2n) is 5.97. The number of carbonyl (C=O) groups excluding carboxylic acids is 1. The van der Waals surface area contributed by atoms with Gasteiger partial charge < -0.3 is 15.8 Å². The molecule has 0 aliphatic carbocycles. The van der Waals surface area contributed by atoms with Crippen molar-refractivity contribution in [3.8, 4) is 0 Å². The van der Waals surface area contributed by atoms with Crippen LogP contribution in [0.3, 0.4) is 0 Å². The van der Waals surface area contributed by atoms with E-state index in [0.29, 0.717) is 17.8 Å². The first kappa shape index (κ1) is 16.5. The Hall–Kier alpha value is -2.37. The smallest absolute Gasteiger partial charge is 0.251 e. The maximum absolute atomic E-state index is 12.3. The Balaban J connectivity index is 1.63. The van der Waals surface area contributed by atoms with E-state index in [-0.39, 0.29) is 5.91 Å². The molecule has 0 unspecified atom stereocenters. The number of nitrogens with two attached hydrogens (primary N) is 1. The highest BCUT2D eigenvalue weighted by molar-refractivity contribution is 5.94. The van der Waals surface area contributed by atoms with Gasteiger partial charge in [0.05, 0.1) is 13.2 Å². The van der Waals surface area contributed by atoms with Gasteiger partial charge in [-0.3, -0.25) is 9.69 Å². The molecule has 0 bridgehead atoms. The maximum atomic E-state index is 12.3. The Morgan fingerprint density at radius 3 is 2.58 bits per heavy atom. The highest BCUT2D eigenvalue weighted by Crippen LogP contribution is 2.13. The van der Waals surface area contributed by atoms with Crippen molar-refractivity contribution < 1.29 is 9.53 Å². The Morgan fingerprint density at radius 1 is 1.08 bits per heavy atom. The van der Waals surface area contributed by atoms with Crippen LogP contribution in [0.15, 0.2) is 48.5 Å². The lowest BCUT2D eigenvalue weighted by atomic mass is 10.1. The second kappa shape index (κ2) is 7.95. The van der Waals surface area contributed by atoms with Crippen molar-refractivity contribution in [1.29, 1.82) is 0 Å². The number of nitrogens with zero attached hydrogens (tertiary/aromatic N) is 1. The predicted octanol–water partition coefficient (Wildman–Crippen LogP) is 2.03. The molecule has 1 amide bonds. The van der Waals surface area contributed by atoms with Gasteiger partial charge in [-0.15, -0.1) is 0 Å². The number of ether oxygens (including phenoxy) is 1. The number of anilines is 1. The molecule has 1 heterocycles. The van der Waals surface area contributed by atoms with Crippen molar-refractivity contribution in [2.75, 3.05) is 32.0 Å². The number of amides is 1. The molecule has 0 aromatic heterocycles. The molecule has 3 rings (SSSR count). The van der Waals surface area contributed by atoms with Gasteiger partial charge in [0.25, 0.3) is 5.91 Å². The van der Waals surface area contributed by atoms with Crippen LogP contribution in [0.25, 0.3) is 0 Å². The number of hydrogen-bond donors (Lipinski definition) is 2. The molecular weight excluding hydrogens is 302 g/mol. The van der Waals surface area contributed by atoms with Crippen LogP contribution in [0, 0.1) is 0 Å². The summed E-state index contributed by atoms with van der Waals surface area (Å²) in [6.45, 7) is 4.86. The van der Waals surface area contributed by atoms with E-state index >= 15 is 0 Å². The van der Waals surface area contributed by atoms with Crippen LogP contribution in [-0.4, -0.2) is 37.1 Å². The minimum Gasteiger partial charge on any atom is -0.399 e. The van der Waals surface area contributed by atoms with Gasteiger partial charge in [0.1, 0.15) is 0 Å². The molecule has 5 heteroatoms. The molecule has 2 aromatic carbocycles. The number of benzene rings is 2. The van der Waals surface area contributed by atoms with Crippen molar-refractivity contribution in [2.24, 2.45) is 0 Å². The highest BCUT2D eigenvalue weighted by atomic mass is 16.5. The Bertz CT molecular complexity index is 697. The lowest BCUT2D eigenvalue weighted by molar-refractivity contribution is 0.0340. The second-order valence-corrected chi connectivity index (χ2v) is 5.97. The number of carbonyl (C=O) groups is 1. The summed E-state index contributed by atoms with van der Waals surface area (Å²) in [6.07, 6.45) is 0. The van der Waals surface area contributed by atoms with Crippen molar-refractivity contribution in [3.05, 3.63) is 65.2 Å². The van der Waals surface area contributed by atoms with Crippen LogP contribution >= 0.6 is 0 Å². The lowest BCUT2D eigenvalue weighted by Gasteiger charge is -2.27. The molecule has 0 radical (unpaired) electrons. The van der Waals surface area contributed by atoms with Gasteiger partial charge in [0.15, 0.2) is 0 Å². The number of nitrogens with one attached hydrogen (secondary N) is 1. The van der Waals surface area contributed by atoms with Crippen LogP contribution in [-0.2, 0) is 17.8 Å². The fourth-order valence-corrected chi connectivity index (χ4v) is 2.84. The van der Waals surface area contributed by atoms with E-state index in [9.17, 15) is 4.79 Å². The SMILES string of the molecule is Nc1cccc(C(=O)NCc2ccccc2CN2CCOCC2)c1. The van der Waals surface area contributed by atoms with Crippen LogP contribution in [0.1, 0.15) is 21.5 Å². The summed E-state index contributed by atoms with van der Waals surface area (Å²) < 4.78 is 5.40. The normalized spacial score (nSPS) is 15.2. The summed E-state index contributed by atoms with van der Waals surface area (Å²) in [7, 11) is 0. The summed E-state index contributed by atoms with van der Waals surface area (Å²) >= 11 is 0. The fourth-order valence-electron chi connectivity index (χ4n) is 2.84. The van der Waals surface area contributed by atoms with Crippen molar-refractivity contribution in [3.63, 3.8) is 0 Å². The topological polar surface area (TPSA) is 67.6 Å². The van der Waals surface area contributed by atoms with Gasteiger partial charge in [-0.05, 0) is 29.3 Å². The zero-order valence-corrected chi connectivity index (χ0v) is 13.7. The number of morpholine rings is 1. The largest absolute Gasteiger partial charge is 0.399 e. The zero-order chi connectivity index (χ0) is 16.8. The fraction of sp³-hybridized carbons (Fsp3) is 0.316. The van der Waals surface area contributed by atoms with Gasteiger partial charge >= 0.3 is 0 Å². The average Bonchev–Trinajstić information content (AvgIpc) is 2.61. The van der Waals surface area contributed by atoms with Gasteiger partial charge in [-0.1, -0.05) is 30.3 Å². The first-order chi connectivity index (χ1) is 11.7. The van der Waals surface area contributed by atoms with E-state index in [2.05, 4.69) is 22.3 Å². The maximum Gasteiger partial charge on any atom is 0.251 e. The van der Waals surface area contributed by atoms with Gasteiger partial charge in [-0.25, -0.2) is 0 Å². The number of nitrogen functional groups attached to an aromatic ring is 1. The van der Waals surface area contributed by atoms with E-state index < -0.39 is 0 Å². The van der Waals surface area contributed by atoms with Crippen LogP contribution in [0.2, 0.25) is 0 Å². The summed E-state index contributed by atoms with van der Waals surface area (Å²) in [5.74, 6) is -0.108. The Labute approximate surface area is 142 Å². The van der Waals surface area contributed by atoms with E-state index in [4.69, 9.17) is 10.5 Å². The lowest BCUT2D eigenvalue weighted by Crippen LogP contribution is -2.36. The standard InChI is InChI=1S/C19H23N3O2/c20-18-7-3-6-15(12-18)19(23)21-13-16-4-1-2-5-17(16)14-22-8-10-24-11-9-22/h1-7,12H,8-11,13-14,20H2,(H,21,23). The summed E-state index contributed by atoms with van der Waals surface area (Å²) in [5, 5.41) is 2.98. The molecule has 0 atom stereocenters. The minimum atomic E-state index is -0.108. The molecule has 1 aliphatic rings. The molecule has 1 aliphatic heterocycles. The first-order valence-electron chi connectivity index (χ1n) is 8.23. The molecule has 2 aromatic rings. The van der Waals surface area contributed by atoms with Crippen molar-refractivity contribution in [2.45, 2.75) is 13.1 Å². The van der Waals surface area contributed by atoms with Crippen LogP contribution in [0.5, 0.6) is 0 Å². The van der Waals surface area contributed by atoms with Gasteiger partial charge in [-0.2, -0.15) is 0 Å². The molecule has 1 fully saturated rings. The third-order valence-electron chi connectivity index (χ3n) is 4.20. The van der Waals surface area contributed by atoms with E-state index in [1.807, 2.05) is 12.1 Å². The minimum absolute atomic E-state index is 0.108. The molecule has 3 N–H and O–H groups in total. The van der Waals surface area contributed by atoms with Crippen molar-refractivity contribution in [1.82, 2.24) is 10.2 Å². The average molecular weight is 325 g/mol. The van der Waals surface area contributed by atoms with Crippen LogP contribution in [0.4, 0.5) is 5.69 Å². The molecule has 126 valence electrons. The van der Waals surface area contributed by atoms with Gasteiger partial charge in [0, 0.05) is 37.4 Å². The van der Waals surface area contributed by atoms with Gasteiger partial charge in [0.2, 0.25) is 0 Å². The quantitative estimate of drug-likeness (QED) is 0.826. The van der Waals surface area contributed by atoms with E-state index in [1.165, 1.54) is 5.56 Å².